The van der Waals surface area contributed by atoms with E-state index in [4.69, 9.17) is 28.6 Å². The highest BCUT2D eigenvalue weighted by molar-refractivity contribution is 7.80. The van der Waals surface area contributed by atoms with Crippen LogP contribution in [0.4, 0.5) is 5.69 Å². The van der Waals surface area contributed by atoms with E-state index < -0.39 is 0 Å². The summed E-state index contributed by atoms with van der Waals surface area (Å²) >= 11 is 11.3. The Balaban J connectivity index is 2.01. The molecular weight excluding hydrogens is 342 g/mol. The van der Waals surface area contributed by atoms with Gasteiger partial charge in [0, 0.05) is 10.7 Å². The van der Waals surface area contributed by atoms with Gasteiger partial charge in [0.25, 0.3) is 0 Å². The molecule has 1 atom stereocenters. The number of hydrogen-bond donors (Lipinski definition) is 3. The van der Waals surface area contributed by atoms with Crippen LogP contribution in [0.3, 0.4) is 0 Å². The molecule has 0 saturated heterocycles. The molecule has 2 aromatic rings. The molecule has 0 spiro atoms. The number of ether oxygens (including phenoxy) is 1. The largest absolute Gasteiger partial charge is 0.496 e. The Labute approximate surface area is 153 Å². The van der Waals surface area contributed by atoms with E-state index in [-0.39, 0.29) is 6.04 Å². The second-order valence-corrected chi connectivity index (χ2v) is 6.56. The van der Waals surface area contributed by atoms with Crippen LogP contribution in [0.15, 0.2) is 48.5 Å². The van der Waals surface area contributed by atoms with Crippen molar-refractivity contribution in [3.05, 3.63) is 59.1 Å². The monoisotopic (exact) mass is 364 g/mol. The molecule has 0 aromatic heterocycles. The molecule has 0 radical (unpaired) electrons. The van der Waals surface area contributed by atoms with E-state index in [1.54, 1.807) is 7.11 Å². The number of methoxy groups -OCH3 is 1. The van der Waals surface area contributed by atoms with Gasteiger partial charge in [-0.15, -0.1) is 0 Å². The fourth-order valence-corrected chi connectivity index (χ4v) is 2.81. The zero-order valence-corrected chi connectivity index (χ0v) is 15.7. The fourth-order valence-electron chi connectivity index (χ4n) is 2.48. The van der Waals surface area contributed by atoms with Gasteiger partial charge >= 0.3 is 0 Å². The number of thiocarbonyl (C=S) groups is 1. The fraction of sp³-hybridized carbons (Fsp3) is 0.278. The molecular formula is C18H23ClN3OS+. The second kappa shape index (κ2) is 8.87. The zero-order chi connectivity index (χ0) is 17.5. The predicted molar refractivity (Wildman–Crippen MR) is 104 cm³/mol. The summed E-state index contributed by atoms with van der Waals surface area (Å²) in [6.07, 6.45) is 0. The van der Waals surface area contributed by atoms with Crippen LogP contribution in [-0.4, -0.2) is 32.9 Å². The number of anilines is 1. The van der Waals surface area contributed by atoms with Crippen LogP contribution in [0.2, 0.25) is 5.02 Å². The van der Waals surface area contributed by atoms with Gasteiger partial charge in [0.05, 0.1) is 33.3 Å². The SMILES string of the molecule is COc1ccccc1[C@@H](CNC(=S)Nc1ccc(Cl)cc1)[NH+](C)C. The number of nitrogens with one attached hydrogen (secondary N) is 3. The quantitative estimate of drug-likeness (QED) is 0.689. The van der Waals surface area contributed by atoms with E-state index in [1.807, 2.05) is 42.5 Å². The van der Waals surface area contributed by atoms with Gasteiger partial charge < -0.3 is 20.3 Å². The normalized spacial score (nSPS) is 11.9. The smallest absolute Gasteiger partial charge is 0.171 e. The third-order valence-corrected chi connectivity index (χ3v) is 4.28. The number of likely N-dealkylation sites (N-methyl/N-ethyl adjacent to an activating group) is 1. The molecule has 2 aromatic carbocycles. The Morgan fingerprint density at radius 2 is 1.83 bits per heavy atom. The molecule has 0 fully saturated rings. The first-order chi connectivity index (χ1) is 11.5. The highest BCUT2D eigenvalue weighted by Gasteiger charge is 2.21. The molecule has 4 nitrogen and oxygen atoms in total. The van der Waals surface area contributed by atoms with Crippen LogP contribution in [0, 0.1) is 0 Å². The van der Waals surface area contributed by atoms with Crippen molar-refractivity contribution < 1.29 is 9.64 Å². The first-order valence-corrected chi connectivity index (χ1v) is 8.53. The van der Waals surface area contributed by atoms with Gasteiger partial charge in [-0.2, -0.15) is 0 Å². The van der Waals surface area contributed by atoms with Gasteiger partial charge in [-0.3, -0.25) is 0 Å². The molecule has 0 bridgehead atoms. The van der Waals surface area contributed by atoms with Gasteiger partial charge in [-0.25, -0.2) is 0 Å². The Morgan fingerprint density at radius 1 is 1.17 bits per heavy atom. The number of benzene rings is 2. The lowest BCUT2D eigenvalue weighted by atomic mass is 10.0. The summed E-state index contributed by atoms with van der Waals surface area (Å²) in [7, 11) is 5.93. The Bertz CT molecular complexity index is 676. The standard InChI is InChI=1S/C18H22ClN3OS/c1-22(2)16(15-6-4-5-7-17(15)23-3)12-20-18(24)21-14-10-8-13(19)9-11-14/h4-11,16H,12H2,1-3H3,(H2,20,21,24)/p+1/t16-/m1/s1. The maximum absolute atomic E-state index is 5.89. The van der Waals surface area contributed by atoms with Crippen molar-refractivity contribution in [1.82, 2.24) is 5.32 Å². The predicted octanol–water partition coefficient (Wildman–Crippen LogP) is 2.52. The van der Waals surface area contributed by atoms with E-state index in [1.165, 1.54) is 4.90 Å². The van der Waals surface area contributed by atoms with Gasteiger partial charge in [-0.1, -0.05) is 23.7 Å². The molecule has 0 unspecified atom stereocenters. The molecule has 6 heteroatoms. The summed E-state index contributed by atoms with van der Waals surface area (Å²) < 4.78 is 5.49. The molecule has 0 aliphatic rings. The van der Waals surface area contributed by atoms with Crippen molar-refractivity contribution in [1.29, 1.82) is 0 Å². The maximum Gasteiger partial charge on any atom is 0.171 e. The topological polar surface area (TPSA) is 37.7 Å². The number of para-hydroxylation sites is 1. The van der Waals surface area contributed by atoms with Crippen molar-refractivity contribution in [3.8, 4) is 5.75 Å². The van der Waals surface area contributed by atoms with Gasteiger partial charge in [-0.05, 0) is 48.6 Å². The van der Waals surface area contributed by atoms with Crippen LogP contribution in [0.5, 0.6) is 5.75 Å². The second-order valence-electron chi connectivity index (χ2n) is 5.71. The molecule has 0 amide bonds. The third-order valence-electron chi connectivity index (χ3n) is 3.78. The van der Waals surface area contributed by atoms with Crippen LogP contribution in [0.25, 0.3) is 0 Å². The Hall–Kier alpha value is -1.82. The summed E-state index contributed by atoms with van der Waals surface area (Å²) in [4.78, 5) is 1.29. The van der Waals surface area contributed by atoms with E-state index in [9.17, 15) is 0 Å². The molecule has 0 aliphatic carbocycles. The minimum atomic E-state index is 0.214. The first-order valence-electron chi connectivity index (χ1n) is 7.74. The van der Waals surface area contributed by atoms with E-state index in [0.29, 0.717) is 16.7 Å². The van der Waals surface area contributed by atoms with Gasteiger partial charge in [0.15, 0.2) is 5.11 Å². The maximum atomic E-state index is 5.89. The lowest BCUT2D eigenvalue weighted by Gasteiger charge is -2.24. The first kappa shape index (κ1) is 18.5. The van der Waals surface area contributed by atoms with Gasteiger partial charge in [0.1, 0.15) is 11.8 Å². The lowest BCUT2D eigenvalue weighted by molar-refractivity contribution is -0.890. The van der Waals surface area contributed by atoms with Crippen LogP contribution in [-0.2, 0) is 0 Å². The van der Waals surface area contributed by atoms with E-state index in [0.717, 1.165) is 17.0 Å². The van der Waals surface area contributed by atoms with Crippen molar-refractivity contribution in [2.75, 3.05) is 33.1 Å². The summed E-state index contributed by atoms with van der Waals surface area (Å²) in [6.45, 7) is 0.697. The molecule has 0 saturated carbocycles. The lowest BCUT2D eigenvalue weighted by Crippen LogP contribution is -3.07. The molecule has 0 heterocycles. The Kier molecular flexibility index (Phi) is 6.85. The molecule has 24 heavy (non-hydrogen) atoms. The molecule has 0 aliphatic heterocycles. The number of halogens is 1. The number of quaternary nitrogens is 1. The van der Waals surface area contributed by atoms with Crippen molar-refractivity contribution in [2.45, 2.75) is 6.04 Å². The average molecular weight is 365 g/mol. The van der Waals surface area contributed by atoms with Crippen LogP contribution >= 0.6 is 23.8 Å². The van der Waals surface area contributed by atoms with E-state index >= 15 is 0 Å². The summed E-state index contributed by atoms with van der Waals surface area (Å²) in [5.74, 6) is 0.891. The summed E-state index contributed by atoms with van der Waals surface area (Å²) in [5.41, 5.74) is 2.06. The summed E-state index contributed by atoms with van der Waals surface area (Å²) in [5, 5.41) is 7.74. The minimum Gasteiger partial charge on any atom is -0.496 e. The number of hydrogen-bond acceptors (Lipinski definition) is 2. The summed E-state index contributed by atoms with van der Waals surface area (Å²) in [6, 6.07) is 15.7. The average Bonchev–Trinajstić information content (AvgIpc) is 2.57. The van der Waals surface area contributed by atoms with E-state index in [2.05, 4.69) is 30.8 Å². The van der Waals surface area contributed by atoms with Crippen molar-refractivity contribution in [2.24, 2.45) is 0 Å². The molecule has 2 rings (SSSR count). The Morgan fingerprint density at radius 3 is 2.46 bits per heavy atom. The van der Waals surface area contributed by atoms with Crippen molar-refractivity contribution in [3.63, 3.8) is 0 Å². The molecule has 3 N–H and O–H groups in total. The zero-order valence-electron chi connectivity index (χ0n) is 14.1. The van der Waals surface area contributed by atoms with Gasteiger partial charge in [0.2, 0.25) is 0 Å². The minimum absolute atomic E-state index is 0.214. The number of rotatable bonds is 6. The van der Waals surface area contributed by atoms with Crippen LogP contribution in [0.1, 0.15) is 11.6 Å². The highest BCUT2D eigenvalue weighted by atomic mass is 35.5. The highest BCUT2D eigenvalue weighted by Crippen LogP contribution is 2.22. The third kappa shape index (κ3) is 5.09. The van der Waals surface area contributed by atoms with Crippen molar-refractivity contribution >= 4 is 34.6 Å². The van der Waals surface area contributed by atoms with Crippen LogP contribution < -0.4 is 20.3 Å². The molecule has 128 valence electrons.